The van der Waals surface area contributed by atoms with Gasteiger partial charge in [0.2, 0.25) is 5.88 Å². The maximum absolute atomic E-state index is 11.5. The van der Waals surface area contributed by atoms with Crippen molar-refractivity contribution in [2.75, 3.05) is 0 Å². The molecule has 0 spiro atoms. The third-order valence-corrected chi connectivity index (χ3v) is 3.01. The van der Waals surface area contributed by atoms with Crippen molar-refractivity contribution in [2.24, 2.45) is 0 Å². The molecule has 0 bridgehead atoms. The van der Waals surface area contributed by atoms with Gasteiger partial charge in [0.1, 0.15) is 11.6 Å². The summed E-state index contributed by atoms with van der Waals surface area (Å²) < 4.78 is 0. The van der Waals surface area contributed by atoms with Gasteiger partial charge in [0.05, 0.1) is 0 Å². The number of H-pyrrole nitrogens is 2. The van der Waals surface area contributed by atoms with Gasteiger partial charge in [-0.05, 0) is 6.07 Å². The van der Waals surface area contributed by atoms with E-state index in [1.54, 1.807) is 6.20 Å². The van der Waals surface area contributed by atoms with Crippen LogP contribution in [0.2, 0.25) is 0 Å². The first-order valence-corrected chi connectivity index (χ1v) is 5.63. The van der Waals surface area contributed by atoms with E-state index in [1.807, 2.05) is 30.3 Å². The van der Waals surface area contributed by atoms with Gasteiger partial charge in [-0.3, -0.25) is 9.78 Å². The van der Waals surface area contributed by atoms with E-state index >= 15 is 0 Å². The van der Waals surface area contributed by atoms with Gasteiger partial charge in [-0.15, -0.1) is 0 Å². The quantitative estimate of drug-likeness (QED) is 0.618. The maximum atomic E-state index is 11.5. The number of aromatic hydroxyl groups is 1. The second kappa shape index (κ2) is 4.03. The van der Waals surface area contributed by atoms with E-state index in [9.17, 15) is 9.90 Å². The Labute approximate surface area is 107 Å². The molecule has 0 atom stereocenters. The summed E-state index contributed by atoms with van der Waals surface area (Å²) in [6.45, 7) is 0. The predicted molar refractivity (Wildman–Crippen MR) is 70.7 cm³/mol. The van der Waals surface area contributed by atoms with E-state index in [2.05, 4.69) is 9.97 Å². The summed E-state index contributed by atoms with van der Waals surface area (Å²) in [5, 5.41) is 19.7. The standard InChI is InChI=1S/C14H9N3O2/c15-6-10-9(5-13(18)17-14(10)19)11-7-16-12-4-2-1-3-8(11)12/h1-5,7,16H,(H2,17,18,19). The number of aromatic amines is 2. The number of nitriles is 1. The smallest absolute Gasteiger partial charge is 0.251 e. The Kier molecular flexibility index (Phi) is 2.36. The Hall–Kier alpha value is -3.00. The largest absolute Gasteiger partial charge is 0.494 e. The molecular weight excluding hydrogens is 242 g/mol. The number of nitrogens with one attached hydrogen (secondary N) is 2. The molecule has 0 fully saturated rings. The molecule has 5 nitrogen and oxygen atoms in total. The molecule has 0 aliphatic rings. The molecule has 3 N–H and O–H groups in total. The molecule has 0 aliphatic heterocycles. The number of fused-ring (bicyclic) bond motifs is 1. The van der Waals surface area contributed by atoms with Crippen LogP contribution in [0, 0.1) is 11.3 Å². The molecule has 19 heavy (non-hydrogen) atoms. The number of hydrogen-bond donors (Lipinski definition) is 3. The van der Waals surface area contributed by atoms with Crippen LogP contribution in [-0.4, -0.2) is 15.1 Å². The first kappa shape index (κ1) is 11.1. The van der Waals surface area contributed by atoms with Crippen molar-refractivity contribution in [3.63, 3.8) is 0 Å². The molecule has 0 radical (unpaired) electrons. The lowest BCUT2D eigenvalue weighted by Crippen LogP contribution is -2.05. The molecule has 0 saturated heterocycles. The molecule has 0 aliphatic carbocycles. The van der Waals surface area contributed by atoms with E-state index in [1.165, 1.54) is 6.07 Å². The van der Waals surface area contributed by atoms with Gasteiger partial charge < -0.3 is 10.1 Å². The molecule has 5 heteroatoms. The fourth-order valence-electron chi connectivity index (χ4n) is 2.17. The van der Waals surface area contributed by atoms with Gasteiger partial charge in [-0.2, -0.15) is 5.26 Å². The zero-order valence-corrected chi connectivity index (χ0v) is 9.77. The maximum Gasteiger partial charge on any atom is 0.251 e. The van der Waals surface area contributed by atoms with Crippen molar-refractivity contribution >= 4 is 10.9 Å². The highest BCUT2D eigenvalue weighted by atomic mass is 16.3. The van der Waals surface area contributed by atoms with E-state index in [4.69, 9.17) is 5.26 Å². The zero-order valence-electron chi connectivity index (χ0n) is 9.77. The number of aromatic nitrogens is 2. The van der Waals surface area contributed by atoms with Gasteiger partial charge >= 0.3 is 0 Å². The Balaban J connectivity index is 2.40. The van der Waals surface area contributed by atoms with E-state index in [0.717, 1.165) is 10.9 Å². The Bertz CT molecular complexity index is 868. The van der Waals surface area contributed by atoms with Crippen LogP contribution < -0.4 is 5.56 Å². The molecule has 0 amide bonds. The van der Waals surface area contributed by atoms with Gasteiger partial charge in [-0.1, -0.05) is 18.2 Å². The third kappa shape index (κ3) is 1.67. The molecular formula is C14H9N3O2. The van der Waals surface area contributed by atoms with Crippen molar-refractivity contribution in [2.45, 2.75) is 0 Å². The van der Waals surface area contributed by atoms with E-state index < -0.39 is 11.4 Å². The number of nitrogens with zero attached hydrogens (tertiary/aromatic N) is 1. The minimum absolute atomic E-state index is 0.0596. The molecule has 3 aromatic rings. The number of pyridine rings is 1. The molecule has 2 aromatic heterocycles. The summed E-state index contributed by atoms with van der Waals surface area (Å²) in [6, 6.07) is 10.8. The fourth-order valence-corrected chi connectivity index (χ4v) is 2.17. The summed E-state index contributed by atoms with van der Waals surface area (Å²) in [6.07, 6.45) is 1.72. The first-order valence-electron chi connectivity index (χ1n) is 5.63. The summed E-state index contributed by atoms with van der Waals surface area (Å²) in [7, 11) is 0. The summed E-state index contributed by atoms with van der Waals surface area (Å²) >= 11 is 0. The normalized spacial score (nSPS) is 10.5. The lowest BCUT2D eigenvalue weighted by Gasteiger charge is -2.03. The summed E-state index contributed by atoms with van der Waals surface area (Å²) in [4.78, 5) is 16.8. The summed E-state index contributed by atoms with van der Waals surface area (Å²) in [5.74, 6) is -0.407. The Morgan fingerprint density at radius 3 is 2.79 bits per heavy atom. The fraction of sp³-hybridized carbons (Fsp3) is 0. The second-order valence-corrected chi connectivity index (χ2v) is 4.13. The highest BCUT2D eigenvalue weighted by Crippen LogP contribution is 2.32. The lowest BCUT2D eigenvalue weighted by atomic mass is 10.0. The third-order valence-electron chi connectivity index (χ3n) is 3.01. The predicted octanol–water partition coefficient (Wildman–Crippen LogP) is 2.10. The zero-order chi connectivity index (χ0) is 13.4. The van der Waals surface area contributed by atoms with Crippen LogP contribution in [0.5, 0.6) is 5.88 Å². The number of benzene rings is 1. The van der Waals surface area contributed by atoms with Gasteiger partial charge in [0.15, 0.2) is 0 Å². The molecule has 3 rings (SSSR count). The molecule has 0 saturated carbocycles. The molecule has 1 aromatic carbocycles. The second-order valence-electron chi connectivity index (χ2n) is 4.13. The topological polar surface area (TPSA) is 92.7 Å². The average Bonchev–Trinajstić information content (AvgIpc) is 2.81. The van der Waals surface area contributed by atoms with Crippen LogP contribution in [0.3, 0.4) is 0 Å². The van der Waals surface area contributed by atoms with Crippen LogP contribution in [0.15, 0.2) is 41.3 Å². The van der Waals surface area contributed by atoms with E-state index in [-0.39, 0.29) is 5.56 Å². The van der Waals surface area contributed by atoms with Crippen molar-refractivity contribution in [3.05, 3.63) is 52.4 Å². The van der Waals surface area contributed by atoms with Crippen molar-refractivity contribution in [3.8, 4) is 23.1 Å². The minimum Gasteiger partial charge on any atom is -0.494 e. The van der Waals surface area contributed by atoms with E-state index in [0.29, 0.717) is 11.1 Å². The van der Waals surface area contributed by atoms with Crippen molar-refractivity contribution in [1.29, 1.82) is 5.26 Å². The molecule has 2 heterocycles. The van der Waals surface area contributed by atoms with Crippen LogP contribution in [-0.2, 0) is 0 Å². The highest BCUT2D eigenvalue weighted by Gasteiger charge is 2.14. The number of rotatable bonds is 1. The van der Waals surface area contributed by atoms with Crippen LogP contribution in [0.25, 0.3) is 22.0 Å². The van der Waals surface area contributed by atoms with Gasteiger partial charge in [0, 0.05) is 34.3 Å². The SMILES string of the molecule is N#Cc1c(-c2c[nH]c3ccccc23)cc(=O)[nH]c1O. The van der Waals surface area contributed by atoms with Crippen LogP contribution >= 0.6 is 0 Å². The Morgan fingerprint density at radius 2 is 2.00 bits per heavy atom. The lowest BCUT2D eigenvalue weighted by molar-refractivity contribution is 0.450. The minimum atomic E-state index is -0.447. The van der Waals surface area contributed by atoms with Crippen molar-refractivity contribution in [1.82, 2.24) is 9.97 Å². The van der Waals surface area contributed by atoms with Crippen LogP contribution in [0.1, 0.15) is 5.56 Å². The molecule has 0 unspecified atom stereocenters. The summed E-state index contributed by atoms with van der Waals surface area (Å²) in [5.41, 5.74) is 1.65. The Morgan fingerprint density at radius 1 is 1.21 bits per heavy atom. The average molecular weight is 251 g/mol. The number of para-hydroxylation sites is 1. The monoisotopic (exact) mass is 251 g/mol. The highest BCUT2D eigenvalue weighted by molar-refractivity contribution is 5.97. The molecule has 92 valence electrons. The van der Waals surface area contributed by atoms with Gasteiger partial charge in [-0.25, -0.2) is 0 Å². The van der Waals surface area contributed by atoms with Crippen molar-refractivity contribution < 1.29 is 5.11 Å². The van der Waals surface area contributed by atoms with Crippen LogP contribution in [0.4, 0.5) is 0 Å². The first-order chi connectivity index (χ1) is 9.20. The van der Waals surface area contributed by atoms with Gasteiger partial charge in [0.25, 0.3) is 5.56 Å². The number of hydrogen-bond acceptors (Lipinski definition) is 3.